The lowest BCUT2D eigenvalue weighted by atomic mass is 10.0. The molecule has 0 spiro atoms. The molecule has 0 N–H and O–H groups in total. The first-order valence-electron chi connectivity index (χ1n) is 6.66. The van der Waals surface area contributed by atoms with Crippen molar-refractivity contribution >= 4 is 11.6 Å². The Labute approximate surface area is 107 Å². The van der Waals surface area contributed by atoms with Gasteiger partial charge in [0.25, 0.3) is 5.78 Å². The van der Waals surface area contributed by atoms with Gasteiger partial charge in [0.1, 0.15) is 12.1 Å². The molecule has 5 heteroatoms. The molecule has 0 unspecified atom stereocenters. The van der Waals surface area contributed by atoms with E-state index in [9.17, 15) is 0 Å². The number of fused-ring (bicyclic) bond motifs is 1. The minimum Gasteiger partial charge on any atom is -0.356 e. The van der Waals surface area contributed by atoms with Crippen molar-refractivity contribution in [3.63, 3.8) is 0 Å². The van der Waals surface area contributed by atoms with Gasteiger partial charge in [0.2, 0.25) is 0 Å². The summed E-state index contributed by atoms with van der Waals surface area (Å²) in [5.41, 5.74) is 1.00. The summed E-state index contributed by atoms with van der Waals surface area (Å²) in [4.78, 5) is 11.0. The summed E-state index contributed by atoms with van der Waals surface area (Å²) in [7, 11) is 0. The minimum absolute atomic E-state index is 0.697. The van der Waals surface area contributed by atoms with E-state index in [2.05, 4.69) is 33.0 Å². The third-order valence-corrected chi connectivity index (χ3v) is 3.70. The van der Waals surface area contributed by atoms with E-state index in [0.29, 0.717) is 5.78 Å². The first-order chi connectivity index (χ1) is 8.74. The Kier molecular flexibility index (Phi) is 2.89. The van der Waals surface area contributed by atoms with Crippen LogP contribution in [0.25, 0.3) is 5.78 Å². The summed E-state index contributed by atoms with van der Waals surface area (Å²) in [6.07, 6.45) is 5.39. The summed E-state index contributed by atoms with van der Waals surface area (Å²) in [6.45, 7) is 6.55. The largest absolute Gasteiger partial charge is 0.356 e. The van der Waals surface area contributed by atoms with Crippen LogP contribution in [0.1, 0.15) is 31.9 Å². The zero-order valence-corrected chi connectivity index (χ0v) is 11.0. The molecule has 1 saturated heterocycles. The predicted molar refractivity (Wildman–Crippen MR) is 70.7 cm³/mol. The molecule has 2 aromatic rings. The Morgan fingerprint density at radius 1 is 1.28 bits per heavy atom. The van der Waals surface area contributed by atoms with Crippen molar-refractivity contribution < 1.29 is 0 Å². The van der Waals surface area contributed by atoms with Gasteiger partial charge in [0.05, 0.1) is 0 Å². The molecule has 0 radical (unpaired) electrons. The highest BCUT2D eigenvalue weighted by atomic mass is 15.4. The lowest BCUT2D eigenvalue weighted by Gasteiger charge is -2.23. The van der Waals surface area contributed by atoms with Gasteiger partial charge in [-0.05, 0) is 32.1 Å². The molecule has 3 rings (SSSR count). The van der Waals surface area contributed by atoms with Crippen LogP contribution in [0.15, 0.2) is 12.4 Å². The summed E-state index contributed by atoms with van der Waals surface area (Å²) >= 11 is 0. The average molecular weight is 245 g/mol. The molecule has 0 aromatic carbocycles. The van der Waals surface area contributed by atoms with E-state index in [1.165, 1.54) is 19.3 Å². The second kappa shape index (κ2) is 4.55. The number of hydrogen-bond acceptors (Lipinski definition) is 4. The van der Waals surface area contributed by atoms with Crippen molar-refractivity contribution in [2.75, 3.05) is 18.0 Å². The van der Waals surface area contributed by atoms with Crippen molar-refractivity contribution in [2.45, 2.75) is 33.1 Å². The van der Waals surface area contributed by atoms with Gasteiger partial charge in [0.15, 0.2) is 0 Å². The number of rotatable bonds is 1. The fourth-order valence-electron chi connectivity index (χ4n) is 2.63. The van der Waals surface area contributed by atoms with Gasteiger partial charge in [-0.2, -0.15) is 14.6 Å². The van der Waals surface area contributed by atoms with Crippen LogP contribution in [0.3, 0.4) is 0 Å². The maximum absolute atomic E-state index is 4.39. The molecule has 1 atom stereocenters. The maximum atomic E-state index is 4.39. The second-order valence-electron chi connectivity index (χ2n) is 5.25. The molecule has 1 aliphatic heterocycles. The van der Waals surface area contributed by atoms with Crippen LogP contribution in [-0.4, -0.2) is 32.7 Å². The Balaban J connectivity index is 1.99. The molecule has 18 heavy (non-hydrogen) atoms. The lowest BCUT2D eigenvalue weighted by molar-refractivity contribution is 0.521. The Morgan fingerprint density at radius 2 is 2.17 bits per heavy atom. The molecule has 0 bridgehead atoms. The quantitative estimate of drug-likeness (QED) is 0.771. The van der Waals surface area contributed by atoms with Crippen molar-refractivity contribution in [2.24, 2.45) is 5.92 Å². The van der Waals surface area contributed by atoms with Gasteiger partial charge in [-0.25, -0.2) is 4.98 Å². The van der Waals surface area contributed by atoms with Crippen molar-refractivity contribution in [1.82, 2.24) is 19.6 Å². The van der Waals surface area contributed by atoms with Crippen LogP contribution in [0.2, 0.25) is 0 Å². The number of anilines is 1. The van der Waals surface area contributed by atoms with Gasteiger partial charge in [-0.3, -0.25) is 0 Å². The molecule has 0 amide bonds. The van der Waals surface area contributed by atoms with E-state index in [-0.39, 0.29) is 0 Å². The summed E-state index contributed by atoms with van der Waals surface area (Å²) in [5, 5.41) is 4.29. The van der Waals surface area contributed by atoms with Crippen LogP contribution in [-0.2, 0) is 0 Å². The summed E-state index contributed by atoms with van der Waals surface area (Å²) in [5.74, 6) is 2.65. The van der Waals surface area contributed by atoms with Gasteiger partial charge in [0, 0.05) is 24.8 Å². The van der Waals surface area contributed by atoms with Gasteiger partial charge in [-0.15, -0.1) is 0 Å². The van der Waals surface area contributed by atoms with Crippen LogP contribution >= 0.6 is 0 Å². The van der Waals surface area contributed by atoms with Gasteiger partial charge in [-0.1, -0.05) is 6.92 Å². The molecular formula is C13H19N5. The molecule has 3 heterocycles. The highest BCUT2D eigenvalue weighted by molar-refractivity contribution is 5.47. The molecule has 5 nitrogen and oxygen atoms in total. The first kappa shape index (κ1) is 11.4. The Morgan fingerprint density at radius 3 is 3.06 bits per heavy atom. The normalized spacial score (nSPS) is 21.2. The van der Waals surface area contributed by atoms with E-state index < -0.39 is 0 Å². The van der Waals surface area contributed by atoms with Gasteiger partial charge >= 0.3 is 0 Å². The van der Waals surface area contributed by atoms with E-state index in [0.717, 1.165) is 30.5 Å². The zero-order chi connectivity index (χ0) is 12.5. The standard InChI is InChI=1S/C13H19N5/c1-10-4-3-6-17(7-5-10)12-8-11(2)16-13-14-9-15-18(12)13/h8-10H,3-7H2,1-2H3/t10-/m1/s1. The topological polar surface area (TPSA) is 46.3 Å². The van der Waals surface area contributed by atoms with Crippen molar-refractivity contribution in [3.8, 4) is 0 Å². The molecule has 96 valence electrons. The third-order valence-electron chi connectivity index (χ3n) is 3.70. The number of hydrogen-bond donors (Lipinski definition) is 0. The average Bonchev–Trinajstić information content (AvgIpc) is 2.70. The fraction of sp³-hybridized carbons (Fsp3) is 0.615. The highest BCUT2D eigenvalue weighted by Crippen LogP contribution is 2.22. The summed E-state index contributed by atoms with van der Waals surface area (Å²) in [6, 6.07) is 2.11. The third kappa shape index (κ3) is 2.05. The lowest BCUT2D eigenvalue weighted by Crippen LogP contribution is -2.27. The maximum Gasteiger partial charge on any atom is 0.254 e. The SMILES string of the molecule is Cc1cc(N2CCC[C@@H](C)CC2)n2ncnc2n1. The number of nitrogens with zero attached hydrogens (tertiary/aromatic N) is 5. The van der Waals surface area contributed by atoms with E-state index in [4.69, 9.17) is 0 Å². The van der Waals surface area contributed by atoms with E-state index in [1.54, 1.807) is 6.33 Å². The van der Waals surface area contributed by atoms with E-state index >= 15 is 0 Å². The minimum atomic E-state index is 0.697. The van der Waals surface area contributed by atoms with Crippen LogP contribution in [0.5, 0.6) is 0 Å². The van der Waals surface area contributed by atoms with Crippen LogP contribution in [0.4, 0.5) is 5.82 Å². The summed E-state index contributed by atoms with van der Waals surface area (Å²) < 4.78 is 1.85. The van der Waals surface area contributed by atoms with Crippen LogP contribution < -0.4 is 4.90 Å². The number of aromatic nitrogens is 4. The van der Waals surface area contributed by atoms with E-state index in [1.807, 2.05) is 11.4 Å². The highest BCUT2D eigenvalue weighted by Gasteiger charge is 2.17. The molecular weight excluding hydrogens is 226 g/mol. The molecule has 0 aliphatic carbocycles. The monoisotopic (exact) mass is 245 g/mol. The first-order valence-corrected chi connectivity index (χ1v) is 6.66. The Hall–Kier alpha value is -1.65. The predicted octanol–water partition coefficient (Wildman–Crippen LogP) is 2.06. The smallest absolute Gasteiger partial charge is 0.254 e. The second-order valence-corrected chi connectivity index (χ2v) is 5.25. The van der Waals surface area contributed by atoms with Gasteiger partial charge < -0.3 is 4.90 Å². The fourth-order valence-corrected chi connectivity index (χ4v) is 2.63. The van der Waals surface area contributed by atoms with Crippen molar-refractivity contribution in [3.05, 3.63) is 18.1 Å². The number of aryl methyl sites for hydroxylation is 1. The molecule has 0 saturated carbocycles. The molecule has 1 fully saturated rings. The molecule has 2 aromatic heterocycles. The van der Waals surface area contributed by atoms with Crippen LogP contribution in [0, 0.1) is 12.8 Å². The zero-order valence-electron chi connectivity index (χ0n) is 11.0. The Bertz CT molecular complexity index is 547. The van der Waals surface area contributed by atoms with Crippen molar-refractivity contribution in [1.29, 1.82) is 0 Å². The molecule has 1 aliphatic rings.